The maximum absolute atomic E-state index is 12.1. The van der Waals surface area contributed by atoms with Crippen molar-refractivity contribution in [3.05, 3.63) is 11.6 Å². The zero-order chi connectivity index (χ0) is 16.5. The van der Waals surface area contributed by atoms with Crippen LogP contribution < -0.4 is 0 Å². The molecule has 0 amide bonds. The van der Waals surface area contributed by atoms with E-state index in [9.17, 15) is 9.59 Å². The fourth-order valence-corrected chi connectivity index (χ4v) is 4.73. The molecule has 0 aromatic rings. The number of carbonyl (C=O) groups is 2. The van der Waals surface area contributed by atoms with Crippen LogP contribution >= 0.6 is 0 Å². The monoisotopic (exact) mass is 304 g/mol. The summed E-state index contributed by atoms with van der Waals surface area (Å²) in [5, 5.41) is 0. The molecule has 0 radical (unpaired) electrons. The molecule has 0 aromatic carbocycles. The lowest BCUT2D eigenvalue weighted by Gasteiger charge is -2.48. The molecule has 0 bridgehead atoms. The van der Waals surface area contributed by atoms with E-state index >= 15 is 0 Å². The number of ketones is 2. The maximum Gasteiger partial charge on any atom is 0.156 e. The Morgan fingerprint density at radius 3 is 2.64 bits per heavy atom. The number of hydrogen-bond acceptors (Lipinski definition) is 2. The minimum atomic E-state index is 0.161. The number of fused-ring (bicyclic) bond motifs is 1. The minimum absolute atomic E-state index is 0.161. The highest BCUT2D eigenvalue weighted by atomic mass is 16.1. The first kappa shape index (κ1) is 17.4. The molecule has 0 unspecified atom stereocenters. The minimum Gasteiger partial charge on any atom is -0.300 e. The molecule has 2 heteroatoms. The van der Waals surface area contributed by atoms with Crippen LogP contribution in [-0.2, 0) is 9.59 Å². The fourth-order valence-electron chi connectivity index (χ4n) is 4.73. The summed E-state index contributed by atoms with van der Waals surface area (Å²) < 4.78 is 0. The van der Waals surface area contributed by atoms with Gasteiger partial charge in [0.2, 0.25) is 0 Å². The number of Topliss-reactive ketones (excluding diaryl/α,β-unsaturated/α-hetero) is 1. The first-order chi connectivity index (χ1) is 10.2. The Bertz CT molecular complexity index is 474. The van der Waals surface area contributed by atoms with E-state index in [4.69, 9.17) is 0 Å². The van der Waals surface area contributed by atoms with E-state index < -0.39 is 0 Å². The van der Waals surface area contributed by atoms with E-state index in [1.807, 2.05) is 6.08 Å². The number of allylic oxidation sites excluding steroid dienone is 2. The Balaban J connectivity index is 2.00. The van der Waals surface area contributed by atoms with Gasteiger partial charge in [-0.1, -0.05) is 33.3 Å². The Morgan fingerprint density at radius 1 is 1.32 bits per heavy atom. The summed E-state index contributed by atoms with van der Waals surface area (Å²) in [5.74, 6) is 2.82. The van der Waals surface area contributed by atoms with Gasteiger partial charge in [0.15, 0.2) is 5.78 Å². The van der Waals surface area contributed by atoms with Crippen molar-refractivity contribution < 1.29 is 9.59 Å². The quantitative estimate of drug-likeness (QED) is 0.718. The highest BCUT2D eigenvalue weighted by Gasteiger charge is 2.44. The van der Waals surface area contributed by atoms with E-state index in [1.54, 1.807) is 0 Å². The molecule has 0 aliphatic heterocycles. The molecule has 0 aromatic heterocycles. The second-order valence-corrected chi connectivity index (χ2v) is 8.59. The maximum atomic E-state index is 12.1. The summed E-state index contributed by atoms with van der Waals surface area (Å²) in [4.78, 5) is 24.0. The van der Waals surface area contributed by atoms with Gasteiger partial charge in [-0.25, -0.2) is 0 Å². The molecular formula is C20H32O2. The van der Waals surface area contributed by atoms with Crippen LogP contribution in [-0.4, -0.2) is 11.6 Å². The fraction of sp³-hybridized carbons (Fsp3) is 0.800. The molecule has 0 saturated heterocycles. The number of rotatable bonds is 5. The molecule has 22 heavy (non-hydrogen) atoms. The van der Waals surface area contributed by atoms with Crippen LogP contribution in [0.25, 0.3) is 0 Å². The van der Waals surface area contributed by atoms with Crippen molar-refractivity contribution in [2.75, 3.05) is 0 Å². The SMILES string of the molecule is CC1=CC(=O)C[C@@]2(C)CC[C@@H]([C@@H](C)CC(=O)CC(C)C)C[C@@H]12. The molecule has 1 fully saturated rings. The van der Waals surface area contributed by atoms with E-state index in [1.165, 1.54) is 12.0 Å². The molecule has 1 saturated carbocycles. The highest BCUT2D eigenvalue weighted by Crippen LogP contribution is 2.52. The first-order valence-electron chi connectivity index (χ1n) is 8.94. The van der Waals surface area contributed by atoms with Crippen molar-refractivity contribution in [1.82, 2.24) is 0 Å². The smallest absolute Gasteiger partial charge is 0.156 e. The van der Waals surface area contributed by atoms with Crippen molar-refractivity contribution in [1.29, 1.82) is 0 Å². The zero-order valence-corrected chi connectivity index (χ0v) is 14.9. The Hall–Kier alpha value is -0.920. The van der Waals surface area contributed by atoms with E-state index in [2.05, 4.69) is 34.6 Å². The highest BCUT2D eigenvalue weighted by molar-refractivity contribution is 5.92. The third-order valence-electron chi connectivity index (χ3n) is 5.97. The molecule has 124 valence electrons. The second-order valence-electron chi connectivity index (χ2n) is 8.59. The molecule has 4 atom stereocenters. The zero-order valence-electron chi connectivity index (χ0n) is 14.9. The largest absolute Gasteiger partial charge is 0.300 e. The van der Waals surface area contributed by atoms with Crippen molar-refractivity contribution in [2.24, 2.45) is 29.1 Å². The Morgan fingerprint density at radius 2 is 2.00 bits per heavy atom. The van der Waals surface area contributed by atoms with Gasteiger partial charge in [0.25, 0.3) is 0 Å². The van der Waals surface area contributed by atoms with Crippen LogP contribution in [0.5, 0.6) is 0 Å². The second kappa shape index (κ2) is 6.68. The third kappa shape index (κ3) is 3.88. The van der Waals surface area contributed by atoms with Crippen LogP contribution in [0.15, 0.2) is 11.6 Å². The summed E-state index contributed by atoms with van der Waals surface area (Å²) in [6.45, 7) is 10.9. The molecule has 2 aliphatic carbocycles. The van der Waals surface area contributed by atoms with Gasteiger partial charge in [-0.3, -0.25) is 9.59 Å². The van der Waals surface area contributed by atoms with Crippen molar-refractivity contribution in [3.8, 4) is 0 Å². The van der Waals surface area contributed by atoms with Gasteiger partial charge in [0.05, 0.1) is 0 Å². The number of hydrogen-bond donors (Lipinski definition) is 0. The average Bonchev–Trinajstić information content (AvgIpc) is 2.35. The first-order valence-corrected chi connectivity index (χ1v) is 8.94. The summed E-state index contributed by atoms with van der Waals surface area (Å²) in [7, 11) is 0. The molecule has 0 heterocycles. The van der Waals surface area contributed by atoms with Gasteiger partial charge in [-0.15, -0.1) is 0 Å². The van der Waals surface area contributed by atoms with Crippen LogP contribution in [0.3, 0.4) is 0 Å². The van der Waals surface area contributed by atoms with Gasteiger partial charge in [0, 0.05) is 19.3 Å². The van der Waals surface area contributed by atoms with Gasteiger partial charge in [-0.2, -0.15) is 0 Å². The summed E-state index contributed by atoms with van der Waals surface area (Å²) >= 11 is 0. The lowest BCUT2D eigenvalue weighted by molar-refractivity contribution is -0.121. The topological polar surface area (TPSA) is 34.1 Å². The molecule has 2 nitrogen and oxygen atoms in total. The van der Waals surface area contributed by atoms with Crippen molar-refractivity contribution in [2.45, 2.75) is 73.1 Å². The lowest BCUT2D eigenvalue weighted by Crippen LogP contribution is -2.40. The van der Waals surface area contributed by atoms with Gasteiger partial charge < -0.3 is 0 Å². The van der Waals surface area contributed by atoms with E-state index in [0.29, 0.717) is 48.1 Å². The Kier molecular flexibility index (Phi) is 5.29. The predicted octanol–water partition coefficient (Wildman–Crippen LogP) is 4.97. The van der Waals surface area contributed by atoms with Crippen LogP contribution in [0.1, 0.15) is 73.1 Å². The summed E-state index contributed by atoms with van der Waals surface area (Å²) in [6, 6.07) is 0. The molecule has 0 spiro atoms. The lowest BCUT2D eigenvalue weighted by atomic mass is 9.56. The average molecular weight is 304 g/mol. The predicted molar refractivity (Wildman–Crippen MR) is 90.6 cm³/mol. The molecule has 0 N–H and O–H groups in total. The van der Waals surface area contributed by atoms with E-state index in [-0.39, 0.29) is 5.41 Å². The molecular weight excluding hydrogens is 272 g/mol. The van der Waals surface area contributed by atoms with E-state index in [0.717, 1.165) is 19.3 Å². The van der Waals surface area contributed by atoms with Crippen molar-refractivity contribution >= 4 is 11.6 Å². The van der Waals surface area contributed by atoms with Gasteiger partial charge in [-0.05, 0) is 61.3 Å². The molecule has 2 aliphatic rings. The summed E-state index contributed by atoms with van der Waals surface area (Å²) in [5.41, 5.74) is 1.43. The van der Waals surface area contributed by atoms with Gasteiger partial charge in [0.1, 0.15) is 5.78 Å². The van der Waals surface area contributed by atoms with Crippen LogP contribution in [0.4, 0.5) is 0 Å². The van der Waals surface area contributed by atoms with Crippen molar-refractivity contribution in [3.63, 3.8) is 0 Å². The molecule has 2 rings (SSSR count). The normalized spacial score (nSPS) is 33.4. The standard InChI is InChI=1S/C20H32O2/c1-13(2)8-17(21)9-14(3)16-6-7-20(5)12-18(22)10-15(4)19(20)11-16/h10,13-14,16,19H,6-9,11-12H2,1-5H3/t14-,16+,19-,20+/m0/s1. The van der Waals surface area contributed by atoms with Crippen LogP contribution in [0, 0.1) is 29.1 Å². The Labute approximate surface area is 135 Å². The van der Waals surface area contributed by atoms with Gasteiger partial charge >= 0.3 is 0 Å². The third-order valence-corrected chi connectivity index (χ3v) is 5.97. The van der Waals surface area contributed by atoms with Crippen LogP contribution in [0.2, 0.25) is 0 Å². The summed E-state index contributed by atoms with van der Waals surface area (Å²) in [6.07, 6.45) is 7.47. The number of carbonyl (C=O) groups excluding carboxylic acids is 2.